The van der Waals surface area contributed by atoms with Crippen molar-refractivity contribution in [1.29, 1.82) is 5.26 Å². The Morgan fingerprint density at radius 3 is 2.54 bits per heavy atom. The van der Waals surface area contributed by atoms with Crippen molar-refractivity contribution in [2.75, 3.05) is 13.1 Å². The predicted octanol–water partition coefficient (Wildman–Crippen LogP) is 2.16. The molecule has 2 aliphatic carbocycles. The van der Waals surface area contributed by atoms with Crippen LogP contribution >= 0.6 is 0 Å². The summed E-state index contributed by atoms with van der Waals surface area (Å²) in [5.74, 6) is 1.00. The van der Waals surface area contributed by atoms with E-state index in [-0.39, 0.29) is 0 Å². The highest BCUT2D eigenvalue weighted by Gasteiger charge is 2.32. The van der Waals surface area contributed by atoms with Gasteiger partial charge in [-0.15, -0.1) is 0 Å². The van der Waals surface area contributed by atoms with Crippen molar-refractivity contribution in [1.82, 2.24) is 4.90 Å². The summed E-state index contributed by atoms with van der Waals surface area (Å²) in [5, 5.41) is 8.46. The van der Waals surface area contributed by atoms with Crippen LogP contribution in [0.5, 0.6) is 0 Å². The summed E-state index contributed by atoms with van der Waals surface area (Å²) in [5.41, 5.74) is 0. The van der Waals surface area contributed by atoms with Crippen LogP contribution in [0.2, 0.25) is 0 Å². The molecule has 2 fully saturated rings. The number of nitriles is 1. The Hall–Kier alpha value is -0.550. The van der Waals surface area contributed by atoms with Crippen LogP contribution in [0, 0.1) is 17.2 Å². The molecule has 0 aliphatic heterocycles. The second-order valence-electron chi connectivity index (χ2n) is 4.43. The van der Waals surface area contributed by atoms with Gasteiger partial charge < -0.3 is 4.90 Å². The SMILES string of the molecule is N#CCCCN(CC1CC1)C1CC1. The second-order valence-corrected chi connectivity index (χ2v) is 4.43. The minimum absolute atomic E-state index is 0.730. The van der Waals surface area contributed by atoms with E-state index in [9.17, 15) is 0 Å². The van der Waals surface area contributed by atoms with Crippen molar-refractivity contribution in [2.24, 2.45) is 5.92 Å². The molecule has 2 rings (SSSR count). The van der Waals surface area contributed by atoms with Gasteiger partial charge in [0.15, 0.2) is 0 Å². The van der Waals surface area contributed by atoms with Gasteiger partial charge in [0.25, 0.3) is 0 Å². The summed E-state index contributed by atoms with van der Waals surface area (Å²) in [7, 11) is 0. The first-order valence-corrected chi connectivity index (χ1v) is 5.51. The smallest absolute Gasteiger partial charge is 0.0622 e. The van der Waals surface area contributed by atoms with Gasteiger partial charge in [-0.3, -0.25) is 0 Å². The highest BCUT2D eigenvalue weighted by molar-refractivity contribution is 4.88. The number of unbranched alkanes of at least 4 members (excludes halogenated alkanes) is 1. The molecule has 0 unspecified atom stereocenters. The molecule has 0 N–H and O–H groups in total. The average Bonchev–Trinajstić information content (AvgIpc) is 2.98. The van der Waals surface area contributed by atoms with E-state index in [1.54, 1.807) is 0 Å². The zero-order valence-electron chi connectivity index (χ0n) is 8.21. The summed E-state index contributed by atoms with van der Waals surface area (Å²) in [6.07, 6.45) is 7.50. The lowest BCUT2D eigenvalue weighted by Gasteiger charge is -2.20. The molecular weight excluding hydrogens is 160 g/mol. The fourth-order valence-corrected chi connectivity index (χ4v) is 1.86. The quantitative estimate of drug-likeness (QED) is 0.583. The average molecular weight is 178 g/mol. The fourth-order valence-electron chi connectivity index (χ4n) is 1.86. The molecule has 2 aliphatic rings. The van der Waals surface area contributed by atoms with Crippen LogP contribution in [0.4, 0.5) is 0 Å². The van der Waals surface area contributed by atoms with Crippen molar-refractivity contribution in [3.63, 3.8) is 0 Å². The monoisotopic (exact) mass is 178 g/mol. The minimum Gasteiger partial charge on any atom is -0.300 e. The van der Waals surface area contributed by atoms with Crippen LogP contribution in [0.15, 0.2) is 0 Å². The minimum atomic E-state index is 0.730. The predicted molar refractivity (Wildman–Crippen MR) is 52.2 cm³/mol. The zero-order valence-corrected chi connectivity index (χ0v) is 8.21. The summed E-state index contributed by atoms with van der Waals surface area (Å²) >= 11 is 0. The van der Waals surface area contributed by atoms with Crippen molar-refractivity contribution >= 4 is 0 Å². The molecule has 0 aromatic carbocycles. The standard InChI is InChI=1S/C11H18N2/c12-7-1-2-8-13(11-5-6-11)9-10-3-4-10/h10-11H,1-6,8-9H2. The number of hydrogen-bond donors (Lipinski definition) is 0. The molecule has 0 atom stereocenters. The first kappa shape index (κ1) is 9.02. The van der Waals surface area contributed by atoms with Crippen LogP contribution in [0.25, 0.3) is 0 Å². The van der Waals surface area contributed by atoms with Crippen molar-refractivity contribution in [3.05, 3.63) is 0 Å². The molecule has 0 aromatic heterocycles. The number of nitrogens with zero attached hydrogens (tertiary/aromatic N) is 2. The Balaban J connectivity index is 1.66. The van der Waals surface area contributed by atoms with E-state index in [1.165, 1.54) is 32.2 Å². The Labute approximate surface area is 80.5 Å². The van der Waals surface area contributed by atoms with E-state index >= 15 is 0 Å². The van der Waals surface area contributed by atoms with Gasteiger partial charge in [-0.1, -0.05) is 0 Å². The highest BCUT2D eigenvalue weighted by Crippen LogP contribution is 2.34. The molecule has 0 radical (unpaired) electrons. The van der Waals surface area contributed by atoms with Gasteiger partial charge in [-0.2, -0.15) is 5.26 Å². The largest absolute Gasteiger partial charge is 0.300 e. The number of rotatable bonds is 6. The molecule has 0 spiro atoms. The highest BCUT2D eigenvalue weighted by atomic mass is 15.2. The first-order chi connectivity index (χ1) is 6.40. The van der Waals surface area contributed by atoms with Crippen LogP contribution in [0.1, 0.15) is 38.5 Å². The summed E-state index contributed by atoms with van der Waals surface area (Å²) < 4.78 is 0. The van der Waals surface area contributed by atoms with E-state index in [4.69, 9.17) is 5.26 Å². The van der Waals surface area contributed by atoms with E-state index in [0.29, 0.717) is 0 Å². The molecule has 13 heavy (non-hydrogen) atoms. The normalized spacial score (nSPS) is 21.8. The van der Waals surface area contributed by atoms with Crippen LogP contribution in [0.3, 0.4) is 0 Å². The molecule has 0 amide bonds. The van der Waals surface area contributed by atoms with Gasteiger partial charge in [0.2, 0.25) is 0 Å². The molecule has 0 aromatic rings. The van der Waals surface area contributed by atoms with Gasteiger partial charge in [-0.25, -0.2) is 0 Å². The van der Waals surface area contributed by atoms with Crippen LogP contribution in [-0.2, 0) is 0 Å². The third kappa shape index (κ3) is 3.00. The lowest BCUT2D eigenvalue weighted by Crippen LogP contribution is -2.29. The molecule has 0 saturated heterocycles. The molecule has 0 heterocycles. The molecule has 0 bridgehead atoms. The lowest BCUT2D eigenvalue weighted by molar-refractivity contribution is 0.250. The molecule has 2 nitrogen and oxygen atoms in total. The third-order valence-corrected chi connectivity index (χ3v) is 2.99. The molecule has 2 heteroatoms. The Morgan fingerprint density at radius 1 is 1.23 bits per heavy atom. The van der Waals surface area contributed by atoms with Crippen LogP contribution in [-0.4, -0.2) is 24.0 Å². The van der Waals surface area contributed by atoms with E-state index < -0.39 is 0 Å². The van der Waals surface area contributed by atoms with Gasteiger partial charge in [-0.05, 0) is 44.6 Å². The summed E-state index contributed by atoms with van der Waals surface area (Å²) in [6, 6.07) is 3.11. The molecular formula is C11H18N2. The van der Waals surface area contributed by atoms with Crippen molar-refractivity contribution < 1.29 is 0 Å². The Bertz CT molecular complexity index is 199. The zero-order chi connectivity index (χ0) is 9.10. The van der Waals surface area contributed by atoms with Crippen molar-refractivity contribution in [3.8, 4) is 6.07 Å². The van der Waals surface area contributed by atoms with Gasteiger partial charge in [0.1, 0.15) is 0 Å². The molecule has 72 valence electrons. The second kappa shape index (κ2) is 4.11. The van der Waals surface area contributed by atoms with E-state index in [0.717, 1.165) is 31.3 Å². The molecule has 2 saturated carbocycles. The van der Waals surface area contributed by atoms with Crippen molar-refractivity contribution in [2.45, 2.75) is 44.6 Å². The summed E-state index contributed by atoms with van der Waals surface area (Å²) in [6.45, 7) is 2.48. The summed E-state index contributed by atoms with van der Waals surface area (Å²) in [4.78, 5) is 2.62. The Morgan fingerprint density at radius 2 is 2.00 bits per heavy atom. The fraction of sp³-hybridized carbons (Fsp3) is 0.909. The lowest BCUT2D eigenvalue weighted by atomic mass is 10.3. The maximum absolute atomic E-state index is 8.46. The number of hydrogen-bond acceptors (Lipinski definition) is 2. The van der Waals surface area contributed by atoms with Crippen LogP contribution < -0.4 is 0 Å². The van der Waals surface area contributed by atoms with Gasteiger partial charge in [0.05, 0.1) is 6.07 Å². The van der Waals surface area contributed by atoms with Gasteiger partial charge >= 0.3 is 0 Å². The maximum Gasteiger partial charge on any atom is 0.0622 e. The maximum atomic E-state index is 8.46. The van der Waals surface area contributed by atoms with E-state index in [2.05, 4.69) is 11.0 Å². The topological polar surface area (TPSA) is 27.0 Å². The third-order valence-electron chi connectivity index (χ3n) is 2.99. The first-order valence-electron chi connectivity index (χ1n) is 5.51. The van der Waals surface area contributed by atoms with Gasteiger partial charge in [0, 0.05) is 19.0 Å². The van der Waals surface area contributed by atoms with E-state index in [1.807, 2.05) is 0 Å². The Kier molecular flexibility index (Phi) is 2.85.